The zero-order valence-electron chi connectivity index (χ0n) is 15.7. The Balaban J connectivity index is 1.76. The predicted molar refractivity (Wildman–Crippen MR) is 106 cm³/mol. The molecule has 0 fully saturated rings. The standard InChI is InChI=1S/C21H19N3O5/c1-12(24-19(26)15-8-4-5-9-16(15)22-21(24)29)18(25)23-11-14-7-3-2-6-13(14)10-17(23)20(27)28/h2-9,12,17H,10-11H2,1H3,(H,22,29)(H,27,28)/t12?,17-/m0/s1. The number of rotatable bonds is 3. The molecule has 0 bridgehead atoms. The van der Waals surface area contributed by atoms with Crippen molar-refractivity contribution in [1.29, 1.82) is 0 Å². The van der Waals surface area contributed by atoms with Gasteiger partial charge in [-0.25, -0.2) is 14.2 Å². The molecule has 1 aromatic heterocycles. The summed E-state index contributed by atoms with van der Waals surface area (Å²) in [6.07, 6.45) is 0.174. The monoisotopic (exact) mass is 393 g/mol. The molecule has 0 radical (unpaired) electrons. The average Bonchev–Trinajstić information content (AvgIpc) is 2.72. The van der Waals surface area contributed by atoms with Gasteiger partial charge in [0.05, 0.1) is 10.9 Å². The van der Waals surface area contributed by atoms with E-state index in [9.17, 15) is 24.3 Å². The molecule has 0 saturated heterocycles. The Morgan fingerprint density at radius 1 is 1.07 bits per heavy atom. The van der Waals surface area contributed by atoms with E-state index < -0.39 is 35.2 Å². The van der Waals surface area contributed by atoms with Crippen molar-refractivity contribution < 1.29 is 14.7 Å². The van der Waals surface area contributed by atoms with Crippen molar-refractivity contribution in [2.24, 2.45) is 0 Å². The van der Waals surface area contributed by atoms with E-state index >= 15 is 0 Å². The van der Waals surface area contributed by atoms with Crippen LogP contribution in [0.3, 0.4) is 0 Å². The van der Waals surface area contributed by atoms with Crippen LogP contribution in [0.25, 0.3) is 10.9 Å². The molecular weight excluding hydrogens is 374 g/mol. The lowest BCUT2D eigenvalue weighted by Crippen LogP contribution is -2.52. The minimum Gasteiger partial charge on any atom is -0.480 e. The van der Waals surface area contributed by atoms with E-state index in [0.29, 0.717) is 5.52 Å². The van der Waals surface area contributed by atoms with Crippen molar-refractivity contribution in [3.63, 3.8) is 0 Å². The molecule has 0 aliphatic carbocycles. The number of H-pyrrole nitrogens is 1. The second kappa shape index (κ2) is 7.05. The molecule has 8 heteroatoms. The van der Waals surface area contributed by atoms with Gasteiger partial charge in [0.1, 0.15) is 12.1 Å². The van der Waals surface area contributed by atoms with Gasteiger partial charge in [-0.05, 0) is 30.2 Å². The smallest absolute Gasteiger partial charge is 0.329 e. The molecule has 8 nitrogen and oxygen atoms in total. The number of para-hydroxylation sites is 1. The van der Waals surface area contributed by atoms with Gasteiger partial charge in [0.2, 0.25) is 5.91 Å². The molecule has 4 rings (SSSR count). The van der Waals surface area contributed by atoms with Gasteiger partial charge in [0, 0.05) is 13.0 Å². The van der Waals surface area contributed by atoms with Gasteiger partial charge in [-0.1, -0.05) is 36.4 Å². The fourth-order valence-corrected chi connectivity index (χ4v) is 3.85. The third kappa shape index (κ3) is 3.12. The highest BCUT2D eigenvalue weighted by atomic mass is 16.4. The molecule has 1 aliphatic heterocycles. The van der Waals surface area contributed by atoms with Crippen molar-refractivity contribution in [3.05, 3.63) is 80.5 Å². The molecule has 2 aromatic carbocycles. The molecule has 148 valence electrons. The van der Waals surface area contributed by atoms with Crippen molar-refractivity contribution in [3.8, 4) is 0 Å². The number of benzene rings is 2. The average molecular weight is 393 g/mol. The van der Waals surface area contributed by atoms with Crippen molar-refractivity contribution in [2.45, 2.75) is 32.0 Å². The molecule has 2 heterocycles. The summed E-state index contributed by atoms with van der Waals surface area (Å²) in [6, 6.07) is 11.7. The molecule has 2 N–H and O–H groups in total. The van der Waals surface area contributed by atoms with Crippen LogP contribution < -0.4 is 11.2 Å². The zero-order valence-corrected chi connectivity index (χ0v) is 15.7. The van der Waals surface area contributed by atoms with Gasteiger partial charge in [0.15, 0.2) is 0 Å². The number of nitrogens with zero attached hydrogens (tertiary/aromatic N) is 2. The molecule has 0 spiro atoms. The minimum atomic E-state index is -1.15. The molecule has 2 atom stereocenters. The number of aromatic amines is 1. The van der Waals surface area contributed by atoms with Crippen LogP contribution in [0.1, 0.15) is 24.1 Å². The minimum absolute atomic E-state index is 0.108. The lowest BCUT2D eigenvalue weighted by molar-refractivity contribution is -0.152. The number of hydrogen-bond donors (Lipinski definition) is 2. The Morgan fingerprint density at radius 2 is 1.72 bits per heavy atom. The van der Waals surface area contributed by atoms with Crippen molar-refractivity contribution >= 4 is 22.8 Å². The van der Waals surface area contributed by atoms with E-state index in [1.165, 1.54) is 11.8 Å². The highest BCUT2D eigenvalue weighted by Gasteiger charge is 2.37. The van der Waals surface area contributed by atoms with E-state index in [0.717, 1.165) is 15.7 Å². The zero-order chi connectivity index (χ0) is 20.7. The highest BCUT2D eigenvalue weighted by Crippen LogP contribution is 2.25. The summed E-state index contributed by atoms with van der Waals surface area (Å²) < 4.78 is 0.851. The number of carbonyl (C=O) groups excluding carboxylic acids is 1. The van der Waals surface area contributed by atoms with Gasteiger partial charge < -0.3 is 15.0 Å². The first-order valence-electron chi connectivity index (χ1n) is 9.22. The van der Waals surface area contributed by atoms with E-state index in [4.69, 9.17) is 0 Å². The number of nitrogens with one attached hydrogen (secondary N) is 1. The molecule has 1 aliphatic rings. The number of carboxylic acids is 1. The number of carbonyl (C=O) groups is 2. The number of aliphatic carboxylic acids is 1. The fraction of sp³-hybridized carbons (Fsp3) is 0.238. The topological polar surface area (TPSA) is 112 Å². The Kier molecular flexibility index (Phi) is 4.54. The molecule has 1 amide bonds. The lowest BCUT2D eigenvalue weighted by atomic mass is 9.93. The number of fused-ring (bicyclic) bond motifs is 2. The van der Waals surface area contributed by atoms with Gasteiger partial charge >= 0.3 is 11.7 Å². The van der Waals surface area contributed by atoms with Crippen molar-refractivity contribution in [2.75, 3.05) is 0 Å². The maximum atomic E-state index is 13.2. The Morgan fingerprint density at radius 3 is 2.45 bits per heavy atom. The molecule has 3 aromatic rings. The maximum Gasteiger partial charge on any atom is 0.329 e. The Labute approximate surface area is 165 Å². The molecular formula is C21H19N3O5. The van der Waals surface area contributed by atoms with E-state index in [-0.39, 0.29) is 18.4 Å². The van der Waals surface area contributed by atoms with Crippen LogP contribution in [0.2, 0.25) is 0 Å². The molecule has 0 saturated carbocycles. The molecule has 29 heavy (non-hydrogen) atoms. The second-order valence-corrected chi connectivity index (χ2v) is 7.12. The first-order chi connectivity index (χ1) is 13.9. The first-order valence-corrected chi connectivity index (χ1v) is 9.22. The van der Waals surface area contributed by atoms with Gasteiger partial charge in [-0.2, -0.15) is 0 Å². The van der Waals surface area contributed by atoms with E-state index in [1.807, 2.05) is 24.3 Å². The Bertz CT molecular complexity index is 1240. The van der Waals surface area contributed by atoms with Crippen LogP contribution in [0.15, 0.2) is 58.1 Å². The number of hydrogen-bond acceptors (Lipinski definition) is 4. The number of carboxylic acid groups (broad SMARTS) is 1. The lowest BCUT2D eigenvalue weighted by Gasteiger charge is -2.36. The van der Waals surface area contributed by atoms with Crippen molar-refractivity contribution in [1.82, 2.24) is 14.5 Å². The normalized spacial score (nSPS) is 17.0. The summed E-state index contributed by atoms with van der Waals surface area (Å²) in [5, 5.41) is 9.94. The summed E-state index contributed by atoms with van der Waals surface area (Å²) in [4.78, 5) is 54.2. The quantitative estimate of drug-likeness (QED) is 0.696. The summed E-state index contributed by atoms with van der Waals surface area (Å²) in [7, 11) is 0. The van der Waals surface area contributed by atoms with Crippen LogP contribution in [-0.2, 0) is 22.6 Å². The van der Waals surface area contributed by atoms with Crippen LogP contribution in [0.4, 0.5) is 0 Å². The van der Waals surface area contributed by atoms with E-state index in [1.54, 1.807) is 24.3 Å². The third-order valence-electron chi connectivity index (χ3n) is 5.40. The van der Waals surface area contributed by atoms with E-state index in [2.05, 4.69) is 4.98 Å². The second-order valence-electron chi connectivity index (χ2n) is 7.12. The predicted octanol–water partition coefficient (Wildman–Crippen LogP) is 1.29. The van der Waals surface area contributed by atoms with Gasteiger partial charge in [-0.15, -0.1) is 0 Å². The SMILES string of the molecule is CC(C(=O)N1Cc2ccccc2C[C@H]1C(=O)O)n1c(=O)[nH]c2ccccc2c1=O. The number of amides is 1. The fourth-order valence-electron chi connectivity index (χ4n) is 3.85. The summed E-state index contributed by atoms with van der Waals surface area (Å²) in [5.41, 5.74) is 0.810. The van der Waals surface area contributed by atoms with Crippen LogP contribution in [0.5, 0.6) is 0 Å². The summed E-state index contributed by atoms with van der Waals surface area (Å²) in [6.45, 7) is 1.55. The van der Waals surface area contributed by atoms with Crippen LogP contribution >= 0.6 is 0 Å². The summed E-state index contributed by atoms with van der Waals surface area (Å²) in [5.74, 6) is -1.71. The van der Waals surface area contributed by atoms with Gasteiger partial charge in [0.25, 0.3) is 5.56 Å². The highest BCUT2D eigenvalue weighted by molar-refractivity contribution is 5.87. The molecule has 1 unspecified atom stereocenters. The van der Waals surface area contributed by atoms with Crippen LogP contribution in [-0.4, -0.2) is 37.5 Å². The van der Waals surface area contributed by atoms with Crippen LogP contribution in [0, 0.1) is 0 Å². The first kappa shape index (κ1) is 18.7. The number of aromatic nitrogens is 2. The largest absolute Gasteiger partial charge is 0.480 e. The maximum absolute atomic E-state index is 13.2. The summed E-state index contributed by atoms with van der Waals surface area (Å²) >= 11 is 0. The Hall–Kier alpha value is -3.68. The van der Waals surface area contributed by atoms with Gasteiger partial charge in [-0.3, -0.25) is 9.59 Å². The third-order valence-corrected chi connectivity index (χ3v) is 5.40.